The third kappa shape index (κ3) is 3.54. The maximum absolute atomic E-state index is 6.24. The molecule has 20 heavy (non-hydrogen) atoms. The van der Waals surface area contributed by atoms with Gasteiger partial charge in [0.25, 0.3) is 0 Å². The summed E-state index contributed by atoms with van der Waals surface area (Å²) >= 11 is 0. The first kappa shape index (κ1) is 15.4. The Morgan fingerprint density at radius 3 is 2.80 bits per heavy atom. The van der Waals surface area contributed by atoms with Crippen molar-refractivity contribution in [1.82, 2.24) is 5.32 Å². The van der Waals surface area contributed by atoms with Crippen LogP contribution in [0.5, 0.6) is 5.75 Å². The molecule has 0 radical (unpaired) electrons. The minimum Gasteiger partial charge on any atom is -0.487 e. The van der Waals surface area contributed by atoms with Gasteiger partial charge in [-0.05, 0) is 39.3 Å². The number of rotatable bonds is 6. The fraction of sp³-hybridized carbons (Fsp3) is 0.667. The fourth-order valence-electron chi connectivity index (χ4n) is 2.93. The molecule has 2 atom stereocenters. The Morgan fingerprint density at radius 2 is 2.10 bits per heavy atom. The molecule has 0 amide bonds. The molecular formula is C18H29NO. The molecule has 1 aliphatic rings. The predicted molar refractivity (Wildman–Crippen MR) is 85.4 cm³/mol. The van der Waals surface area contributed by atoms with Crippen molar-refractivity contribution in [1.29, 1.82) is 0 Å². The zero-order valence-electron chi connectivity index (χ0n) is 13.5. The highest BCUT2D eigenvalue weighted by atomic mass is 16.5. The van der Waals surface area contributed by atoms with Crippen LogP contribution in [0.15, 0.2) is 18.2 Å². The van der Waals surface area contributed by atoms with Crippen molar-refractivity contribution in [3.05, 3.63) is 29.3 Å². The molecular weight excluding hydrogens is 246 g/mol. The lowest BCUT2D eigenvalue weighted by molar-refractivity contribution is 0.0442. The number of nitrogens with one attached hydrogen (secondary N) is 1. The van der Waals surface area contributed by atoms with Crippen LogP contribution in [-0.4, -0.2) is 12.1 Å². The molecule has 2 rings (SSSR count). The molecule has 0 fully saturated rings. The zero-order chi connectivity index (χ0) is 14.6. The van der Waals surface area contributed by atoms with Gasteiger partial charge in [-0.15, -0.1) is 0 Å². The second-order valence-electron chi connectivity index (χ2n) is 6.36. The minimum atomic E-state index is -0.0370. The molecule has 0 aliphatic carbocycles. The van der Waals surface area contributed by atoms with Gasteiger partial charge in [0.1, 0.15) is 11.4 Å². The van der Waals surface area contributed by atoms with Gasteiger partial charge >= 0.3 is 0 Å². The normalized spacial score (nSPS) is 25.1. The molecule has 0 aromatic heterocycles. The summed E-state index contributed by atoms with van der Waals surface area (Å²) in [5.41, 5.74) is 2.62. The lowest BCUT2D eigenvalue weighted by Gasteiger charge is -2.40. The number of hydrogen-bond acceptors (Lipinski definition) is 2. The van der Waals surface area contributed by atoms with Crippen LogP contribution in [0.2, 0.25) is 0 Å². The number of benzene rings is 1. The number of unbranched alkanes of at least 4 members (excludes halogenated alkanes) is 2. The van der Waals surface area contributed by atoms with Crippen LogP contribution in [0.3, 0.4) is 0 Å². The highest BCUT2D eigenvalue weighted by molar-refractivity contribution is 5.41. The molecule has 2 nitrogen and oxygen atoms in total. The van der Waals surface area contributed by atoms with Crippen LogP contribution in [0.1, 0.15) is 70.0 Å². The van der Waals surface area contributed by atoms with Crippen LogP contribution in [0.4, 0.5) is 0 Å². The third-order valence-corrected chi connectivity index (χ3v) is 4.45. The standard InChI is InChI=1S/C18H29NO/c1-5-7-8-11-19-16-13-18(4,6-2)20-17-10-9-14(3)12-15(16)17/h9-10,12,16,19H,5-8,11,13H2,1-4H3. The molecule has 1 aromatic rings. The van der Waals surface area contributed by atoms with E-state index >= 15 is 0 Å². The second-order valence-corrected chi connectivity index (χ2v) is 6.36. The van der Waals surface area contributed by atoms with Gasteiger partial charge in [-0.25, -0.2) is 0 Å². The van der Waals surface area contributed by atoms with Crippen LogP contribution in [0, 0.1) is 6.92 Å². The molecule has 1 heterocycles. The Morgan fingerprint density at radius 1 is 1.30 bits per heavy atom. The number of hydrogen-bond donors (Lipinski definition) is 1. The summed E-state index contributed by atoms with van der Waals surface area (Å²) in [7, 11) is 0. The Balaban J connectivity index is 2.15. The maximum atomic E-state index is 6.24. The molecule has 2 unspecified atom stereocenters. The van der Waals surface area contributed by atoms with Crippen molar-refractivity contribution >= 4 is 0 Å². The van der Waals surface area contributed by atoms with Crippen LogP contribution < -0.4 is 10.1 Å². The SMILES string of the molecule is CCCCCNC1CC(C)(CC)Oc2ccc(C)cc21. The van der Waals surface area contributed by atoms with E-state index in [2.05, 4.69) is 51.2 Å². The molecule has 1 aromatic carbocycles. The summed E-state index contributed by atoms with van der Waals surface area (Å²) in [6.07, 6.45) is 5.96. The molecule has 0 bridgehead atoms. The van der Waals surface area contributed by atoms with Gasteiger partial charge in [-0.1, -0.05) is 44.4 Å². The van der Waals surface area contributed by atoms with Gasteiger partial charge < -0.3 is 10.1 Å². The number of ether oxygens (including phenoxy) is 1. The van der Waals surface area contributed by atoms with E-state index in [1.807, 2.05) is 0 Å². The number of aryl methyl sites for hydroxylation is 1. The minimum absolute atomic E-state index is 0.0370. The Kier molecular flexibility index (Phi) is 5.09. The molecule has 0 saturated carbocycles. The quantitative estimate of drug-likeness (QED) is 0.755. The summed E-state index contributed by atoms with van der Waals surface area (Å²) in [6, 6.07) is 7.00. The highest BCUT2D eigenvalue weighted by Crippen LogP contribution is 2.41. The van der Waals surface area contributed by atoms with Gasteiger partial charge in [0.15, 0.2) is 0 Å². The summed E-state index contributed by atoms with van der Waals surface area (Å²) in [4.78, 5) is 0. The van der Waals surface area contributed by atoms with Crippen molar-refractivity contribution in [2.75, 3.05) is 6.54 Å². The van der Waals surface area contributed by atoms with E-state index in [-0.39, 0.29) is 5.60 Å². The molecule has 1 aliphatic heterocycles. The largest absolute Gasteiger partial charge is 0.487 e. The van der Waals surface area contributed by atoms with Gasteiger partial charge in [-0.2, -0.15) is 0 Å². The molecule has 112 valence electrons. The first-order valence-electron chi connectivity index (χ1n) is 8.11. The van der Waals surface area contributed by atoms with Gasteiger partial charge in [-0.3, -0.25) is 0 Å². The van der Waals surface area contributed by atoms with E-state index in [1.165, 1.54) is 30.4 Å². The summed E-state index contributed by atoms with van der Waals surface area (Å²) in [5.74, 6) is 1.07. The predicted octanol–water partition coefficient (Wildman–Crippen LogP) is 4.77. The average Bonchev–Trinajstić information content (AvgIpc) is 2.44. The van der Waals surface area contributed by atoms with Crippen LogP contribution in [0.25, 0.3) is 0 Å². The summed E-state index contributed by atoms with van der Waals surface area (Å²) in [6.45, 7) is 9.96. The Labute approximate surface area is 123 Å². The van der Waals surface area contributed by atoms with Gasteiger partial charge in [0.05, 0.1) is 0 Å². The van der Waals surface area contributed by atoms with E-state index in [0.717, 1.165) is 25.1 Å². The molecule has 0 spiro atoms. The van der Waals surface area contributed by atoms with Crippen molar-refractivity contribution in [2.45, 2.75) is 71.4 Å². The Hall–Kier alpha value is -1.02. The second kappa shape index (κ2) is 6.62. The molecule has 2 heteroatoms. The fourth-order valence-corrected chi connectivity index (χ4v) is 2.93. The van der Waals surface area contributed by atoms with E-state index in [0.29, 0.717) is 6.04 Å². The average molecular weight is 275 g/mol. The summed E-state index contributed by atoms with van der Waals surface area (Å²) in [5, 5.41) is 3.75. The zero-order valence-corrected chi connectivity index (χ0v) is 13.5. The van der Waals surface area contributed by atoms with Crippen molar-refractivity contribution < 1.29 is 4.74 Å². The third-order valence-electron chi connectivity index (χ3n) is 4.45. The van der Waals surface area contributed by atoms with Gasteiger partial charge in [0.2, 0.25) is 0 Å². The monoisotopic (exact) mass is 275 g/mol. The van der Waals surface area contributed by atoms with E-state index in [9.17, 15) is 0 Å². The van der Waals surface area contributed by atoms with Crippen LogP contribution >= 0.6 is 0 Å². The van der Waals surface area contributed by atoms with E-state index < -0.39 is 0 Å². The van der Waals surface area contributed by atoms with Crippen LogP contribution in [-0.2, 0) is 0 Å². The van der Waals surface area contributed by atoms with E-state index in [4.69, 9.17) is 4.74 Å². The van der Waals surface area contributed by atoms with Crippen molar-refractivity contribution in [3.63, 3.8) is 0 Å². The smallest absolute Gasteiger partial charge is 0.124 e. The van der Waals surface area contributed by atoms with Crippen molar-refractivity contribution in [3.8, 4) is 5.75 Å². The van der Waals surface area contributed by atoms with Crippen molar-refractivity contribution in [2.24, 2.45) is 0 Å². The van der Waals surface area contributed by atoms with E-state index in [1.54, 1.807) is 0 Å². The van der Waals surface area contributed by atoms with Gasteiger partial charge in [0, 0.05) is 18.0 Å². The number of fused-ring (bicyclic) bond motifs is 1. The Bertz CT molecular complexity index is 443. The molecule has 1 N–H and O–H groups in total. The first-order chi connectivity index (χ1) is 9.58. The highest BCUT2D eigenvalue weighted by Gasteiger charge is 2.35. The molecule has 0 saturated heterocycles. The lowest BCUT2D eigenvalue weighted by atomic mass is 9.86. The first-order valence-corrected chi connectivity index (χ1v) is 8.11. The maximum Gasteiger partial charge on any atom is 0.124 e. The lowest BCUT2D eigenvalue weighted by Crippen LogP contribution is -2.41. The summed E-state index contributed by atoms with van der Waals surface area (Å²) < 4.78 is 6.24. The topological polar surface area (TPSA) is 21.3 Å².